The first-order valence-corrected chi connectivity index (χ1v) is 11.6. The first-order chi connectivity index (χ1) is 15.4. The Morgan fingerprint density at radius 2 is 1.88 bits per heavy atom. The number of cyclic esters (lactones) is 1. The van der Waals surface area contributed by atoms with Crippen LogP contribution >= 0.6 is 38.5 Å². The molecular formula is C25H19BrINO4. The standard InChI is InChI=1S/C25H19BrINO4/c1-15-7-9-17(10-8-15)24-28-21(25(29)32-24)12-16-11-20(27)23(22(13-16)30-2)31-14-18-5-3-4-6-19(18)26/h3-13H,14H2,1-2H3/b21-12-. The van der Waals surface area contributed by atoms with Gasteiger partial charge in [-0.15, -0.1) is 0 Å². The van der Waals surface area contributed by atoms with Crippen LogP contribution in [0.25, 0.3) is 6.08 Å². The Bertz CT molecular complexity index is 1240. The molecule has 1 heterocycles. The maximum absolute atomic E-state index is 12.4. The summed E-state index contributed by atoms with van der Waals surface area (Å²) in [5, 5.41) is 0. The van der Waals surface area contributed by atoms with Crippen LogP contribution in [0.4, 0.5) is 0 Å². The Morgan fingerprint density at radius 1 is 1.12 bits per heavy atom. The molecule has 0 unspecified atom stereocenters. The minimum Gasteiger partial charge on any atom is -0.493 e. The zero-order chi connectivity index (χ0) is 22.7. The van der Waals surface area contributed by atoms with Gasteiger partial charge in [0.2, 0.25) is 5.90 Å². The third-order valence-corrected chi connectivity index (χ3v) is 6.38. The highest BCUT2D eigenvalue weighted by molar-refractivity contribution is 14.1. The number of esters is 1. The van der Waals surface area contributed by atoms with Crippen molar-refractivity contribution in [2.75, 3.05) is 7.11 Å². The quantitative estimate of drug-likeness (QED) is 0.189. The monoisotopic (exact) mass is 603 g/mol. The highest BCUT2D eigenvalue weighted by Crippen LogP contribution is 2.36. The molecule has 3 aromatic rings. The number of carbonyl (C=O) groups excluding carboxylic acids is 1. The summed E-state index contributed by atoms with van der Waals surface area (Å²) in [6.45, 7) is 2.39. The summed E-state index contributed by atoms with van der Waals surface area (Å²) in [6, 6.07) is 19.3. The van der Waals surface area contributed by atoms with Crippen LogP contribution in [0.15, 0.2) is 75.8 Å². The lowest BCUT2D eigenvalue weighted by Crippen LogP contribution is -2.05. The summed E-state index contributed by atoms with van der Waals surface area (Å²) in [7, 11) is 1.59. The second-order valence-electron chi connectivity index (χ2n) is 7.12. The summed E-state index contributed by atoms with van der Waals surface area (Å²) in [5.74, 6) is 1.04. The van der Waals surface area contributed by atoms with E-state index >= 15 is 0 Å². The molecule has 1 aliphatic heterocycles. The lowest BCUT2D eigenvalue weighted by Gasteiger charge is -2.14. The van der Waals surface area contributed by atoms with E-state index in [9.17, 15) is 4.79 Å². The van der Waals surface area contributed by atoms with E-state index in [-0.39, 0.29) is 5.70 Å². The van der Waals surface area contributed by atoms with Gasteiger partial charge in [0.25, 0.3) is 0 Å². The highest BCUT2D eigenvalue weighted by Gasteiger charge is 2.24. The zero-order valence-electron chi connectivity index (χ0n) is 17.4. The predicted molar refractivity (Wildman–Crippen MR) is 136 cm³/mol. The first-order valence-electron chi connectivity index (χ1n) is 9.78. The average molecular weight is 604 g/mol. The van der Waals surface area contributed by atoms with Gasteiger partial charge in [0.05, 0.1) is 10.7 Å². The molecular weight excluding hydrogens is 585 g/mol. The fourth-order valence-corrected chi connectivity index (χ4v) is 4.30. The number of ether oxygens (including phenoxy) is 3. The molecule has 7 heteroatoms. The lowest BCUT2D eigenvalue weighted by atomic mass is 10.1. The van der Waals surface area contributed by atoms with Gasteiger partial charge in [-0.3, -0.25) is 0 Å². The van der Waals surface area contributed by atoms with E-state index in [1.807, 2.05) is 67.6 Å². The van der Waals surface area contributed by atoms with Gasteiger partial charge >= 0.3 is 5.97 Å². The molecule has 0 aliphatic carbocycles. The molecule has 0 saturated heterocycles. The molecule has 0 N–H and O–H groups in total. The van der Waals surface area contributed by atoms with Gasteiger partial charge in [-0.25, -0.2) is 9.79 Å². The van der Waals surface area contributed by atoms with Crippen LogP contribution in [0, 0.1) is 10.5 Å². The first kappa shape index (κ1) is 22.5. The largest absolute Gasteiger partial charge is 0.493 e. The van der Waals surface area contributed by atoms with Gasteiger partial charge < -0.3 is 14.2 Å². The predicted octanol–water partition coefficient (Wildman–Crippen LogP) is 6.29. The number of hydrogen-bond acceptors (Lipinski definition) is 5. The Hall–Kier alpha value is -2.65. The van der Waals surface area contributed by atoms with Gasteiger partial charge in [0, 0.05) is 15.6 Å². The fourth-order valence-electron chi connectivity index (χ4n) is 3.12. The summed E-state index contributed by atoms with van der Waals surface area (Å²) < 4.78 is 18.8. The lowest BCUT2D eigenvalue weighted by molar-refractivity contribution is -0.129. The van der Waals surface area contributed by atoms with Crippen molar-refractivity contribution >= 4 is 56.5 Å². The molecule has 0 bridgehead atoms. The van der Waals surface area contributed by atoms with Crippen molar-refractivity contribution in [3.63, 3.8) is 0 Å². The van der Waals surface area contributed by atoms with Crippen molar-refractivity contribution in [3.05, 3.63) is 96.7 Å². The molecule has 1 aliphatic rings. The third-order valence-electron chi connectivity index (χ3n) is 4.80. The summed E-state index contributed by atoms with van der Waals surface area (Å²) in [5.41, 5.74) is 3.91. The van der Waals surface area contributed by atoms with Gasteiger partial charge in [0.1, 0.15) is 6.61 Å². The van der Waals surface area contributed by atoms with Crippen molar-refractivity contribution < 1.29 is 19.0 Å². The van der Waals surface area contributed by atoms with E-state index in [1.54, 1.807) is 13.2 Å². The van der Waals surface area contributed by atoms with Crippen molar-refractivity contribution in [2.24, 2.45) is 4.99 Å². The number of aryl methyl sites for hydroxylation is 1. The summed E-state index contributed by atoms with van der Waals surface area (Å²) in [4.78, 5) is 16.7. The third kappa shape index (κ3) is 5.05. The number of nitrogens with zero attached hydrogens (tertiary/aromatic N) is 1. The SMILES string of the molecule is COc1cc(/C=C2\N=C(c3ccc(C)cc3)OC2=O)cc(I)c1OCc1ccccc1Br. The second kappa shape index (κ2) is 9.87. The molecule has 0 fully saturated rings. The Labute approximate surface area is 208 Å². The van der Waals surface area contributed by atoms with Gasteiger partial charge in [0.15, 0.2) is 17.2 Å². The number of hydrogen-bond donors (Lipinski definition) is 0. The van der Waals surface area contributed by atoms with Crippen molar-refractivity contribution in [3.8, 4) is 11.5 Å². The van der Waals surface area contributed by atoms with Crippen LogP contribution in [0.3, 0.4) is 0 Å². The molecule has 0 spiro atoms. The molecule has 0 saturated carbocycles. The van der Waals surface area contributed by atoms with Crippen LogP contribution in [-0.4, -0.2) is 19.0 Å². The minimum atomic E-state index is -0.483. The normalized spacial score (nSPS) is 14.3. The number of benzene rings is 3. The average Bonchev–Trinajstić information content (AvgIpc) is 3.14. The Morgan fingerprint density at radius 3 is 2.59 bits per heavy atom. The summed E-state index contributed by atoms with van der Waals surface area (Å²) >= 11 is 5.73. The second-order valence-corrected chi connectivity index (χ2v) is 9.13. The van der Waals surface area contributed by atoms with Crippen LogP contribution in [0.5, 0.6) is 11.5 Å². The Kier molecular flexibility index (Phi) is 6.95. The van der Waals surface area contributed by atoms with E-state index in [0.717, 1.165) is 30.3 Å². The smallest absolute Gasteiger partial charge is 0.363 e. The van der Waals surface area contributed by atoms with Gasteiger partial charge in [-0.05, 0) is 71.5 Å². The fraction of sp³-hybridized carbons (Fsp3) is 0.120. The maximum Gasteiger partial charge on any atom is 0.363 e. The number of methoxy groups -OCH3 is 1. The maximum atomic E-state index is 12.4. The van der Waals surface area contributed by atoms with Crippen molar-refractivity contribution in [1.82, 2.24) is 0 Å². The number of carbonyl (C=O) groups is 1. The van der Waals surface area contributed by atoms with Crippen LogP contribution < -0.4 is 9.47 Å². The van der Waals surface area contributed by atoms with E-state index in [4.69, 9.17) is 14.2 Å². The molecule has 0 atom stereocenters. The van der Waals surface area contributed by atoms with E-state index in [1.165, 1.54) is 0 Å². The van der Waals surface area contributed by atoms with Gasteiger partial charge in [-0.1, -0.05) is 51.8 Å². The van der Waals surface area contributed by atoms with Gasteiger partial charge in [-0.2, -0.15) is 0 Å². The highest BCUT2D eigenvalue weighted by atomic mass is 127. The summed E-state index contributed by atoms with van der Waals surface area (Å²) in [6.07, 6.45) is 1.69. The van der Waals surface area contributed by atoms with Crippen LogP contribution in [-0.2, 0) is 16.1 Å². The van der Waals surface area contributed by atoms with E-state index in [2.05, 4.69) is 43.5 Å². The molecule has 4 rings (SSSR count). The number of rotatable bonds is 6. The number of halogens is 2. The Balaban J connectivity index is 1.59. The molecule has 3 aromatic carbocycles. The topological polar surface area (TPSA) is 57.1 Å². The molecule has 5 nitrogen and oxygen atoms in total. The van der Waals surface area contributed by atoms with Crippen molar-refractivity contribution in [2.45, 2.75) is 13.5 Å². The van der Waals surface area contributed by atoms with E-state index in [0.29, 0.717) is 24.0 Å². The molecule has 0 radical (unpaired) electrons. The van der Waals surface area contributed by atoms with E-state index < -0.39 is 5.97 Å². The minimum absolute atomic E-state index is 0.236. The molecule has 162 valence electrons. The van der Waals surface area contributed by atoms with Crippen molar-refractivity contribution in [1.29, 1.82) is 0 Å². The number of aliphatic imine (C=N–C) groups is 1. The zero-order valence-corrected chi connectivity index (χ0v) is 21.1. The molecule has 0 aromatic heterocycles. The van der Waals surface area contributed by atoms with Crippen LogP contribution in [0.1, 0.15) is 22.3 Å². The molecule has 0 amide bonds. The molecule has 32 heavy (non-hydrogen) atoms. The van der Waals surface area contributed by atoms with Crippen LogP contribution in [0.2, 0.25) is 0 Å².